The number of carbonyl (C=O) groups is 2. The topological polar surface area (TPSA) is 77.0 Å². The quantitative estimate of drug-likeness (QED) is 0.138. The van der Waals surface area contributed by atoms with E-state index in [9.17, 15) is 9.59 Å². The molecular weight excluding hydrogens is 472 g/mol. The number of ether oxygens (including phenoxy) is 2. The van der Waals surface area contributed by atoms with E-state index in [1.165, 1.54) is 6.21 Å². The summed E-state index contributed by atoms with van der Waals surface area (Å²) in [6.45, 7) is 2.75. The van der Waals surface area contributed by atoms with E-state index in [1.807, 2.05) is 6.07 Å². The van der Waals surface area contributed by atoms with E-state index >= 15 is 0 Å². The summed E-state index contributed by atoms with van der Waals surface area (Å²) < 4.78 is 11.9. The normalized spacial score (nSPS) is 10.7. The number of hydrogen-bond acceptors (Lipinski definition) is 5. The predicted octanol–water partition coefficient (Wildman–Crippen LogP) is 5.61. The summed E-state index contributed by atoms with van der Waals surface area (Å²) >= 11 is 3.39. The van der Waals surface area contributed by atoms with Gasteiger partial charge >= 0.3 is 5.97 Å². The minimum absolute atomic E-state index is 0.327. The van der Waals surface area contributed by atoms with Gasteiger partial charge in [-0.05, 0) is 61.0 Å². The Bertz CT molecular complexity index is 1080. The molecule has 0 radical (unpaired) electrons. The molecule has 0 heterocycles. The van der Waals surface area contributed by atoms with Crippen molar-refractivity contribution in [2.24, 2.45) is 5.10 Å². The Morgan fingerprint density at radius 3 is 2.47 bits per heavy atom. The lowest BCUT2D eigenvalue weighted by atomic mass is 10.2. The van der Waals surface area contributed by atoms with E-state index in [0.29, 0.717) is 29.0 Å². The Hall–Kier alpha value is -3.45. The van der Waals surface area contributed by atoms with E-state index in [-0.39, 0.29) is 5.91 Å². The molecule has 7 heteroatoms. The van der Waals surface area contributed by atoms with Crippen molar-refractivity contribution in [3.63, 3.8) is 0 Å². The van der Waals surface area contributed by atoms with Crippen molar-refractivity contribution in [2.45, 2.75) is 19.8 Å². The van der Waals surface area contributed by atoms with Crippen LogP contribution in [0.25, 0.3) is 0 Å². The summed E-state index contributed by atoms with van der Waals surface area (Å²) in [4.78, 5) is 24.7. The molecule has 0 aliphatic carbocycles. The van der Waals surface area contributed by atoms with Gasteiger partial charge in [-0.1, -0.05) is 47.5 Å². The van der Waals surface area contributed by atoms with E-state index in [4.69, 9.17) is 9.47 Å². The minimum Gasteiger partial charge on any atom is -0.494 e. The van der Waals surface area contributed by atoms with Crippen LogP contribution in [0, 0.1) is 0 Å². The second-order valence-electron chi connectivity index (χ2n) is 6.86. The molecule has 0 saturated carbocycles. The highest BCUT2D eigenvalue weighted by molar-refractivity contribution is 9.10. The fourth-order valence-corrected chi connectivity index (χ4v) is 3.09. The highest BCUT2D eigenvalue weighted by Crippen LogP contribution is 2.23. The van der Waals surface area contributed by atoms with E-state index < -0.39 is 5.97 Å². The number of carbonyl (C=O) groups excluding carboxylic acids is 2. The first-order valence-electron chi connectivity index (χ1n) is 10.2. The van der Waals surface area contributed by atoms with Crippen molar-refractivity contribution in [1.82, 2.24) is 5.43 Å². The Balaban J connectivity index is 1.64. The molecular formula is C25H23BrN2O4. The van der Waals surface area contributed by atoms with Crippen LogP contribution in [0.1, 0.15) is 46.0 Å². The number of benzene rings is 3. The summed E-state index contributed by atoms with van der Waals surface area (Å²) in [5.74, 6) is 0.207. The van der Waals surface area contributed by atoms with Gasteiger partial charge in [0, 0.05) is 15.6 Å². The average molecular weight is 495 g/mol. The van der Waals surface area contributed by atoms with Crippen LogP contribution in [-0.4, -0.2) is 24.7 Å². The van der Waals surface area contributed by atoms with Crippen molar-refractivity contribution in [3.05, 3.63) is 94.0 Å². The third-order valence-corrected chi connectivity index (χ3v) is 4.93. The molecule has 0 aliphatic rings. The molecule has 3 aromatic rings. The third kappa shape index (κ3) is 6.78. The molecule has 0 unspecified atom stereocenters. The van der Waals surface area contributed by atoms with Crippen molar-refractivity contribution in [3.8, 4) is 11.5 Å². The molecule has 164 valence electrons. The summed E-state index contributed by atoms with van der Waals surface area (Å²) in [6, 6.07) is 20.7. The zero-order valence-corrected chi connectivity index (χ0v) is 19.2. The van der Waals surface area contributed by atoms with Gasteiger partial charge in [-0.15, -0.1) is 0 Å². The molecule has 0 fully saturated rings. The van der Waals surface area contributed by atoms with Gasteiger partial charge in [0.1, 0.15) is 11.5 Å². The number of nitrogens with zero attached hydrogens (tertiary/aromatic N) is 1. The summed E-state index contributed by atoms with van der Waals surface area (Å²) in [5, 5.41) is 4.01. The van der Waals surface area contributed by atoms with Crippen LogP contribution in [0.4, 0.5) is 0 Å². The molecule has 0 saturated heterocycles. The molecule has 0 aromatic heterocycles. The maximum atomic E-state index is 12.4. The average Bonchev–Trinajstić information content (AvgIpc) is 2.82. The Morgan fingerprint density at radius 2 is 1.75 bits per heavy atom. The molecule has 3 rings (SSSR count). The Morgan fingerprint density at radius 1 is 1.00 bits per heavy atom. The highest BCUT2D eigenvalue weighted by Gasteiger charge is 2.11. The standard InChI is InChI=1S/C25H23BrN2O4/c1-2-3-15-31-22-12-9-18(10-13-22)24(29)28-27-17-20-16-21(26)11-14-23(20)32-25(30)19-7-5-4-6-8-19/h4-14,16-17H,2-3,15H2,1H3,(H,28,29)/b27-17+. The van der Waals surface area contributed by atoms with Crippen molar-refractivity contribution in [2.75, 3.05) is 6.61 Å². The second kappa shape index (κ2) is 11.8. The molecule has 1 N–H and O–H groups in total. The number of rotatable bonds is 9. The van der Waals surface area contributed by atoms with E-state index in [2.05, 4.69) is 33.4 Å². The van der Waals surface area contributed by atoms with Gasteiger partial charge in [-0.2, -0.15) is 5.10 Å². The van der Waals surface area contributed by atoms with Crippen molar-refractivity contribution >= 4 is 34.0 Å². The van der Waals surface area contributed by atoms with Crippen LogP contribution in [0.3, 0.4) is 0 Å². The summed E-state index contributed by atoms with van der Waals surface area (Å²) in [6.07, 6.45) is 3.47. The highest BCUT2D eigenvalue weighted by atomic mass is 79.9. The van der Waals surface area contributed by atoms with Gasteiger partial charge in [0.15, 0.2) is 0 Å². The number of hydrazone groups is 1. The van der Waals surface area contributed by atoms with Gasteiger partial charge in [0.25, 0.3) is 5.91 Å². The number of nitrogens with one attached hydrogen (secondary N) is 1. The lowest BCUT2D eigenvalue weighted by Gasteiger charge is -2.08. The number of amides is 1. The SMILES string of the molecule is CCCCOc1ccc(C(=O)N/N=C/c2cc(Br)ccc2OC(=O)c2ccccc2)cc1. The van der Waals surface area contributed by atoms with Crippen molar-refractivity contribution < 1.29 is 19.1 Å². The van der Waals surface area contributed by atoms with Gasteiger partial charge in [-0.3, -0.25) is 4.79 Å². The van der Waals surface area contributed by atoms with Gasteiger partial charge in [0.05, 0.1) is 18.4 Å². The number of unbranched alkanes of at least 4 members (excludes halogenated alkanes) is 1. The molecule has 0 bridgehead atoms. The van der Waals surface area contributed by atoms with Gasteiger partial charge in [-0.25, -0.2) is 10.2 Å². The predicted molar refractivity (Wildman–Crippen MR) is 127 cm³/mol. The smallest absolute Gasteiger partial charge is 0.343 e. The second-order valence-corrected chi connectivity index (χ2v) is 7.78. The fraction of sp³-hybridized carbons (Fsp3) is 0.160. The molecule has 0 atom stereocenters. The monoisotopic (exact) mass is 494 g/mol. The van der Waals surface area contributed by atoms with Crippen LogP contribution >= 0.6 is 15.9 Å². The maximum Gasteiger partial charge on any atom is 0.343 e. The van der Waals surface area contributed by atoms with Crippen LogP contribution in [0.5, 0.6) is 11.5 Å². The van der Waals surface area contributed by atoms with Crippen molar-refractivity contribution in [1.29, 1.82) is 0 Å². The molecule has 32 heavy (non-hydrogen) atoms. The van der Waals surface area contributed by atoms with Gasteiger partial charge in [0.2, 0.25) is 0 Å². The summed E-state index contributed by atoms with van der Waals surface area (Å²) in [5.41, 5.74) is 3.91. The molecule has 3 aromatic carbocycles. The van der Waals surface area contributed by atoms with E-state index in [0.717, 1.165) is 23.1 Å². The number of hydrogen-bond donors (Lipinski definition) is 1. The number of esters is 1. The van der Waals surface area contributed by atoms with Crippen LogP contribution in [0.2, 0.25) is 0 Å². The minimum atomic E-state index is -0.479. The molecule has 0 aliphatic heterocycles. The zero-order valence-electron chi connectivity index (χ0n) is 17.6. The van der Waals surface area contributed by atoms with E-state index in [1.54, 1.807) is 66.7 Å². The first kappa shape index (κ1) is 23.2. The molecule has 6 nitrogen and oxygen atoms in total. The summed E-state index contributed by atoms with van der Waals surface area (Å²) in [7, 11) is 0. The van der Waals surface area contributed by atoms with Gasteiger partial charge < -0.3 is 9.47 Å². The molecule has 0 spiro atoms. The largest absolute Gasteiger partial charge is 0.494 e. The first-order valence-corrected chi connectivity index (χ1v) is 11.0. The number of halogens is 1. The maximum absolute atomic E-state index is 12.4. The van der Waals surface area contributed by atoms with Crippen LogP contribution in [0.15, 0.2) is 82.4 Å². The fourth-order valence-electron chi connectivity index (χ4n) is 2.71. The lowest BCUT2D eigenvalue weighted by Crippen LogP contribution is -2.17. The lowest BCUT2D eigenvalue weighted by molar-refractivity contribution is 0.0734. The zero-order chi connectivity index (χ0) is 22.8. The Kier molecular flexibility index (Phi) is 8.57. The molecule has 1 amide bonds. The van der Waals surface area contributed by atoms with Crippen LogP contribution < -0.4 is 14.9 Å². The van der Waals surface area contributed by atoms with Crippen LogP contribution in [-0.2, 0) is 0 Å². The first-order chi connectivity index (χ1) is 15.6. The third-order valence-electron chi connectivity index (χ3n) is 4.44. The Labute approximate surface area is 195 Å².